The molecule has 0 bridgehead atoms. The fraction of sp³-hybridized carbons (Fsp3) is 0.0833. The van der Waals surface area contributed by atoms with Crippen molar-refractivity contribution < 1.29 is 4.42 Å². The number of aromatic nitrogens is 1. The van der Waals surface area contributed by atoms with Gasteiger partial charge in [0.1, 0.15) is 5.52 Å². The van der Waals surface area contributed by atoms with Crippen molar-refractivity contribution in [3.8, 4) is 10.8 Å². The van der Waals surface area contributed by atoms with Gasteiger partial charge in [-0.2, -0.15) is 0 Å². The Labute approximate surface area is 96.5 Å². The molecule has 0 radical (unpaired) electrons. The number of nitrogen functional groups attached to an aromatic ring is 1. The number of nitrogens with zero attached hydrogens (tertiary/aromatic N) is 1. The van der Waals surface area contributed by atoms with Crippen molar-refractivity contribution >= 4 is 27.2 Å². The Balaban J connectivity index is 2.31. The Hall–Kier alpha value is -1.81. The van der Waals surface area contributed by atoms with Crippen LogP contribution in [0.1, 0.15) is 5.56 Å². The minimum absolute atomic E-state index is 0.717. The molecule has 3 aromatic rings. The fourth-order valence-electron chi connectivity index (χ4n) is 1.66. The Bertz CT molecular complexity index is 601. The molecule has 0 aliphatic carbocycles. The van der Waals surface area contributed by atoms with Crippen molar-refractivity contribution in [3.63, 3.8) is 0 Å². The molecule has 0 unspecified atom stereocenters. The Kier molecular flexibility index (Phi) is 1.97. The summed E-state index contributed by atoms with van der Waals surface area (Å²) in [6.07, 6.45) is 1.65. The Morgan fingerprint density at radius 3 is 2.88 bits per heavy atom. The van der Waals surface area contributed by atoms with E-state index in [2.05, 4.69) is 11.9 Å². The molecular weight excluding hydrogens is 220 g/mol. The van der Waals surface area contributed by atoms with Crippen LogP contribution in [0.15, 0.2) is 34.9 Å². The SMILES string of the molecule is Cc1ccc(N)c2nc(-c3ccco3)sc12. The maximum Gasteiger partial charge on any atom is 0.162 e. The molecule has 4 heteroatoms. The monoisotopic (exact) mass is 230 g/mol. The lowest BCUT2D eigenvalue weighted by Crippen LogP contribution is -1.86. The largest absolute Gasteiger partial charge is 0.462 e. The average molecular weight is 230 g/mol. The fourth-order valence-corrected chi connectivity index (χ4v) is 2.69. The molecule has 0 aliphatic heterocycles. The van der Waals surface area contributed by atoms with Gasteiger partial charge in [0.15, 0.2) is 10.8 Å². The third-order valence-electron chi connectivity index (χ3n) is 2.50. The number of nitrogens with two attached hydrogens (primary N) is 1. The summed E-state index contributed by atoms with van der Waals surface area (Å²) >= 11 is 1.61. The molecule has 2 heterocycles. The van der Waals surface area contributed by atoms with Crippen LogP contribution >= 0.6 is 11.3 Å². The summed E-state index contributed by atoms with van der Waals surface area (Å²) in [5.41, 5.74) is 8.69. The molecule has 0 saturated heterocycles. The highest BCUT2D eigenvalue weighted by Crippen LogP contribution is 2.34. The van der Waals surface area contributed by atoms with Gasteiger partial charge in [0.25, 0.3) is 0 Å². The number of hydrogen-bond acceptors (Lipinski definition) is 4. The van der Waals surface area contributed by atoms with Crippen LogP contribution in [0.2, 0.25) is 0 Å². The second-order valence-corrected chi connectivity index (χ2v) is 4.64. The summed E-state index contributed by atoms with van der Waals surface area (Å²) in [7, 11) is 0. The second-order valence-electron chi connectivity index (χ2n) is 3.65. The van der Waals surface area contributed by atoms with Crippen molar-refractivity contribution in [1.82, 2.24) is 4.98 Å². The van der Waals surface area contributed by atoms with Gasteiger partial charge in [-0.1, -0.05) is 6.07 Å². The number of anilines is 1. The van der Waals surface area contributed by atoms with E-state index < -0.39 is 0 Å². The molecule has 0 aliphatic rings. The molecule has 1 aromatic carbocycles. The molecule has 0 amide bonds. The molecule has 0 atom stereocenters. The van der Waals surface area contributed by atoms with Gasteiger partial charge in [0, 0.05) is 0 Å². The van der Waals surface area contributed by atoms with E-state index in [9.17, 15) is 0 Å². The quantitative estimate of drug-likeness (QED) is 0.651. The van der Waals surface area contributed by atoms with Crippen LogP contribution in [0.4, 0.5) is 5.69 Å². The molecule has 0 fully saturated rings. The van der Waals surface area contributed by atoms with Gasteiger partial charge in [-0.15, -0.1) is 11.3 Å². The van der Waals surface area contributed by atoms with Crippen LogP contribution in [-0.4, -0.2) is 4.98 Å². The van der Waals surface area contributed by atoms with E-state index in [1.807, 2.05) is 24.3 Å². The van der Waals surface area contributed by atoms with Gasteiger partial charge in [-0.3, -0.25) is 0 Å². The number of rotatable bonds is 1. The zero-order valence-electron chi connectivity index (χ0n) is 8.73. The summed E-state index contributed by atoms with van der Waals surface area (Å²) in [4.78, 5) is 4.52. The summed E-state index contributed by atoms with van der Waals surface area (Å²) < 4.78 is 6.47. The van der Waals surface area contributed by atoms with E-state index in [4.69, 9.17) is 10.2 Å². The Morgan fingerprint density at radius 1 is 1.31 bits per heavy atom. The normalized spacial score (nSPS) is 11.1. The minimum atomic E-state index is 0.717. The van der Waals surface area contributed by atoms with Crippen LogP contribution in [-0.2, 0) is 0 Å². The zero-order chi connectivity index (χ0) is 11.1. The predicted octanol–water partition coefficient (Wildman–Crippen LogP) is 3.45. The first-order chi connectivity index (χ1) is 7.75. The molecule has 80 valence electrons. The van der Waals surface area contributed by atoms with Crippen molar-refractivity contribution in [2.75, 3.05) is 5.73 Å². The van der Waals surface area contributed by atoms with Crippen LogP contribution in [0.5, 0.6) is 0 Å². The van der Waals surface area contributed by atoms with Crippen LogP contribution in [0.3, 0.4) is 0 Å². The second kappa shape index (κ2) is 3.35. The van der Waals surface area contributed by atoms with Crippen LogP contribution in [0, 0.1) is 6.92 Å². The number of thiazole rings is 1. The minimum Gasteiger partial charge on any atom is -0.462 e. The van der Waals surface area contributed by atoms with E-state index in [-0.39, 0.29) is 0 Å². The summed E-state index contributed by atoms with van der Waals surface area (Å²) in [5, 5.41) is 0.876. The molecular formula is C12H10N2OS. The highest BCUT2D eigenvalue weighted by Gasteiger charge is 2.11. The lowest BCUT2D eigenvalue weighted by Gasteiger charge is -1.96. The summed E-state index contributed by atoms with van der Waals surface area (Å²) in [6.45, 7) is 2.06. The maximum absolute atomic E-state index is 5.91. The number of aryl methyl sites for hydroxylation is 1. The lowest BCUT2D eigenvalue weighted by molar-refractivity contribution is 0.582. The van der Waals surface area contributed by atoms with Crippen molar-refractivity contribution in [2.45, 2.75) is 6.92 Å². The zero-order valence-corrected chi connectivity index (χ0v) is 9.54. The van der Waals surface area contributed by atoms with Gasteiger partial charge >= 0.3 is 0 Å². The molecule has 0 saturated carbocycles. The first-order valence-electron chi connectivity index (χ1n) is 4.95. The molecule has 2 aromatic heterocycles. The first kappa shape index (κ1) is 9.42. The van der Waals surface area contributed by atoms with Gasteiger partial charge in [0.05, 0.1) is 16.7 Å². The van der Waals surface area contributed by atoms with Gasteiger partial charge in [-0.25, -0.2) is 4.98 Å². The van der Waals surface area contributed by atoms with Crippen molar-refractivity contribution in [3.05, 3.63) is 36.1 Å². The molecule has 2 N–H and O–H groups in total. The standard InChI is InChI=1S/C12H10N2OS/c1-7-4-5-8(13)10-11(7)16-12(14-10)9-3-2-6-15-9/h2-6H,13H2,1H3. The third kappa shape index (κ3) is 1.31. The number of hydrogen-bond donors (Lipinski definition) is 1. The number of furan rings is 1. The van der Waals surface area contributed by atoms with E-state index >= 15 is 0 Å². The molecule has 0 spiro atoms. The number of fused-ring (bicyclic) bond motifs is 1. The maximum atomic E-state index is 5.91. The number of benzene rings is 1. The predicted molar refractivity (Wildman–Crippen MR) is 66.5 cm³/mol. The summed E-state index contributed by atoms with van der Waals surface area (Å²) in [6, 6.07) is 7.67. The Morgan fingerprint density at radius 2 is 2.19 bits per heavy atom. The van der Waals surface area contributed by atoms with Gasteiger partial charge < -0.3 is 10.2 Å². The van der Waals surface area contributed by atoms with Crippen LogP contribution < -0.4 is 5.73 Å². The highest BCUT2D eigenvalue weighted by molar-refractivity contribution is 7.21. The summed E-state index contributed by atoms with van der Waals surface area (Å²) in [5.74, 6) is 0.792. The topological polar surface area (TPSA) is 52.0 Å². The molecule has 3 rings (SSSR count). The smallest absolute Gasteiger partial charge is 0.162 e. The molecule has 3 nitrogen and oxygen atoms in total. The highest BCUT2D eigenvalue weighted by atomic mass is 32.1. The van der Waals surface area contributed by atoms with Crippen molar-refractivity contribution in [2.24, 2.45) is 0 Å². The van der Waals surface area contributed by atoms with E-state index in [0.29, 0.717) is 0 Å². The van der Waals surface area contributed by atoms with Crippen molar-refractivity contribution in [1.29, 1.82) is 0 Å². The first-order valence-corrected chi connectivity index (χ1v) is 5.77. The third-order valence-corrected chi connectivity index (χ3v) is 3.71. The lowest BCUT2D eigenvalue weighted by atomic mass is 10.2. The average Bonchev–Trinajstić information content (AvgIpc) is 2.90. The van der Waals surface area contributed by atoms with E-state index in [1.165, 1.54) is 5.56 Å². The van der Waals surface area contributed by atoms with E-state index in [1.54, 1.807) is 17.6 Å². The van der Waals surface area contributed by atoms with Gasteiger partial charge in [0.2, 0.25) is 0 Å². The van der Waals surface area contributed by atoms with Gasteiger partial charge in [-0.05, 0) is 30.7 Å². The molecule has 16 heavy (non-hydrogen) atoms. The van der Waals surface area contributed by atoms with E-state index in [0.717, 1.165) is 26.7 Å². The van der Waals surface area contributed by atoms with Crippen LogP contribution in [0.25, 0.3) is 21.0 Å².